The Morgan fingerprint density at radius 3 is 1.23 bits per heavy atom. The monoisotopic (exact) mass is 614 g/mol. The first kappa shape index (κ1) is 36.0. The molecule has 0 aliphatic heterocycles. The molecular formula is C30H42N6O8. The molecule has 1 aliphatic rings. The van der Waals surface area contributed by atoms with E-state index in [0.29, 0.717) is 85.0 Å². The largest absolute Gasteiger partial charge is 0.478 e. The molecule has 0 unspecified atom stereocenters. The average molecular weight is 615 g/mol. The van der Waals surface area contributed by atoms with E-state index in [2.05, 4.69) is 31.9 Å². The highest BCUT2D eigenvalue weighted by Crippen LogP contribution is 2.36. The van der Waals surface area contributed by atoms with Crippen LogP contribution in [0.4, 0.5) is 11.4 Å². The van der Waals surface area contributed by atoms with Crippen molar-refractivity contribution in [3.8, 4) is 0 Å². The summed E-state index contributed by atoms with van der Waals surface area (Å²) < 4.78 is 0. The molecule has 0 bridgehead atoms. The normalized spacial score (nSPS) is 11.9. The van der Waals surface area contributed by atoms with E-state index < -0.39 is 11.9 Å². The molecule has 1 aliphatic carbocycles. The number of aliphatic hydroxyl groups is 2. The van der Waals surface area contributed by atoms with Crippen molar-refractivity contribution in [2.75, 3.05) is 89.3 Å². The van der Waals surface area contributed by atoms with Crippen LogP contribution in [-0.2, 0) is 9.59 Å². The number of carboxylic acids is 2. The van der Waals surface area contributed by atoms with Crippen LogP contribution in [0.25, 0.3) is 0 Å². The molecular weight excluding hydrogens is 572 g/mol. The summed E-state index contributed by atoms with van der Waals surface area (Å²) in [6.45, 7) is 6.98. The summed E-state index contributed by atoms with van der Waals surface area (Å²) in [5.74, 6) is -2.82. The molecule has 2 aromatic carbocycles. The van der Waals surface area contributed by atoms with Gasteiger partial charge in [-0.3, -0.25) is 9.59 Å². The maximum Gasteiger partial charge on any atom is 0.328 e. The number of anilines is 2. The highest BCUT2D eigenvalue weighted by atomic mass is 16.4. The summed E-state index contributed by atoms with van der Waals surface area (Å²) in [4.78, 5) is 46.0. The number of fused-ring (bicyclic) bond motifs is 2. The van der Waals surface area contributed by atoms with Gasteiger partial charge in [0.15, 0.2) is 11.6 Å². The number of benzene rings is 2. The summed E-state index contributed by atoms with van der Waals surface area (Å²) in [5, 5.41) is 52.7. The van der Waals surface area contributed by atoms with Crippen LogP contribution >= 0.6 is 0 Å². The van der Waals surface area contributed by atoms with Crippen molar-refractivity contribution in [3.05, 3.63) is 70.8 Å². The third-order valence-electron chi connectivity index (χ3n) is 6.21. The summed E-state index contributed by atoms with van der Waals surface area (Å²) in [5.41, 5.74) is 2.98. The molecule has 14 nitrogen and oxygen atoms in total. The van der Waals surface area contributed by atoms with E-state index in [1.807, 2.05) is 12.1 Å². The molecule has 0 saturated heterocycles. The summed E-state index contributed by atoms with van der Waals surface area (Å²) in [6.07, 6.45) is 1.12. The minimum absolute atomic E-state index is 0.118. The van der Waals surface area contributed by atoms with Gasteiger partial charge in [0.25, 0.3) is 0 Å². The third-order valence-corrected chi connectivity index (χ3v) is 6.21. The summed E-state index contributed by atoms with van der Waals surface area (Å²) in [6, 6.07) is 10.7. The lowest BCUT2D eigenvalue weighted by atomic mass is 9.82. The molecule has 0 atom stereocenters. The molecule has 44 heavy (non-hydrogen) atoms. The van der Waals surface area contributed by atoms with Crippen LogP contribution in [-0.4, -0.2) is 123 Å². The van der Waals surface area contributed by atoms with Gasteiger partial charge in [0.05, 0.1) is 24.3 Å². The van der Waals surface area contributed by atoms with Crippen LogP contribution in [0.3, 0.4) is 0 Å². The second-order valence-corrected chi connectivity index (χ2v) is 9.43. The van der Waals surface area contributed by atoms with E-state index in [4.69, 9.17) is 20.4 Å². The molecule has 0 fully saturated rings. The molecule has 0 spiro atoms. The smallest absolute Gasteiger partial charge is 0.328 e. The third kappa shape index (κ3) is 12.2. The fourth-order valence-corrected chi connectivity index (χ4v) is 4.24. The van der Waals surface area contributed by atoms with Gasteiger partial charge >= 0.3 is 11.9 Å². The molecule has 3 rings (SSSR count). The van der Waals surface area contributed by atoms with Crippen molar-refractivity contribution in [3.63, 3.8) is 0 Å². The van der Waals surface area contributed by atoms with E-state index in [0.717, 1.165) is 26.2 Å². The number of hydrogen-bond acceptors (Lipinski definition) is 12. The topological polar surface area (TPSA) is 221 Å². The average Bonchev–Trinajstić information content (AvgIpc) is 3.02. The van der Waals surface area contributed by atoms with E-state index in [1.54, 1.807) is 24.3 Å². The molecule has 0 saturated carbocycles. The predicted molar refractivity (Wildman–Crippen MR) is 167 cm³/mol. The van der Waals surface area contributed by atoms with Gasteiger partial charge in [-0.1, -0.05) is 24.3 Å². The van der Waals surface area contributed by atoms with Crippen molar-refractivity contribution in [2.24, 2.45) is 0 Å². The predicted octanol–water partition coefficient (Wildman–Crippen LogP) is -0.659. The fourth-order valence-electron chi connectivity index (χ4n) is 4.24. The van der Waals surface area contributed by atoms with Gasteiger partial charge in [-0.05, 0) is 12.1 Å². The number of aliphatic carboxylic acids is 2. The van der Waals surface area contributed by atoms with E-state index >= 15 is 0 Å². The standard InChI is InChI=1S/C26H38N6O4.C4H4O4/c33-17-15-29-9-7-27-11-13-31-21-5-6-22(32-14-12-28-8-10-30-16-18-34)24-23(21)25(35)19-3-1-2-4-20(19)26(24)36;5-3(6)1-2-4(7)8/h1-6,27-34H,7-18H2;1-2H,(H,5,6)(H,7,8)/b;2-1-. The Kier molecular flexibility index (Phi) is 16.9. The van der Waals surface area contributed by atoms with Crippen LogP contribution < -0.4 is 31.9 Å². The van der Waals surface area contributed by atoms with Crippen molar-refractivity contribution in [1.29, 1.82) is 0 Å². The second-order valence-electron chi connectivity index (χ2n) is 9.43. The van der Waals surface area contributed by atoms with Gasteiger partial charge in [0, 0.05) is 100 Å². The number of carbonyl (C=O) groups is 4. The van der Waals surface area contributed by atoms with E-state index in [-0.39, 0.29) is 24.8 Å². The Hall–Kier alpha value is -4.18. The van der Waals surface area contributed by atoms with Gasteiger partial charge in [-0.25, -0.2) is 9.59 Å². The molecule has 240 valence electrons. The van der Waals surface area contributed by atoms with Crippen LogP contribution in [0.5, 0.6) is 0 Å². The maximum absolute atomic E-state index is 13.5. The quantitative estimate of drug-likeness (QED) is 0.0564. The lowest BCUT2D eigenvalue weighted by molar-refractivity contribution is -0.134. The molecule has 0 radical (unpaired) electrons. The lowest BCUT2D eigenvalue weighted by Crippen LogP contribution is -2.32. The highest BCUT2D eigenvalue weighted by molar-refractivity contribution is 6.31. The Morgan fingerprint density at radius 1 is 0.545 bits per heavy atom. The highest BCUT2D eigenvalue weighted by Gasteiger charge is 2.33. The zero-order valence-electron chi connectivity index (χ0n) is 24.5. The Labute approximate surface area is 255 Å². The number of ketones is 2. The van der Waals surface area contributed by atoms with Crippen LogP contribution in [0, 0.1) is 0 Å². The summed E-state index contributed by atoms with van der Waals surface area (Å²) >= 11 is 0. The Balaban J connectivity index is 0.000000742. The Bertz CT molecular complexity index is 1180. The molecule has 14 heteroatoms. The van der Waals surface area contributed by atoms with Gasteiger partial charge < -0.3 is 52.3 Å². The minimum atomic E-state index is -1.26. The number of carboxylic acid groups (broad SMARTS) is 2. The van der Waals surface area contributed by atoms with E-state index in [9.17, 15) is 19.2 Å². The molecule has 0 amide bonds. The van der Waals surface area contributed by atoms with Crippen molar-refractivity contribution in [1.82, 2.24) is 21.3 Å². The zero-order valence-corrected chi connectivity index (χ0v) is 24.5. The zero-order chi connectivity index (χ0) is 32.2. The molecule has 2 aromatic rings. The number of carbonyl (C=O) groups excluding carboxylic acids is 2. The van der Waals surface area contributed by atoms with Gasteiger partial charge in [0.1, 0.15) is 0 Å². The van der Waals surface area contributed by atoms with Crippen molar-refractivity contribution >= 4 is 34.9 Å². The van der Waals surface area contributed by atoms with Gasteiger partial charge in [-0.15, -0.1) is 0 Å². The van der Waals surface area contributed by atoms with Crippen molar-refractivity contribution < 1.29 is 39.6 Å². The number of rotatable bonds is 20. The summed E-state index contributed by atoms with van der Waals surface area (Å²) in [7, 11) is 0. The minimum Gasteiger partial charge on any atom is -0.478 e. The van der Waals surface area contributed by atoms with Crippen LogP contribution in [0.2, 0.25) is 0 Å². The molecule has 10 N–H and O–H groups in total. The maximum atomic E-state index is 13.5. The SMILES string of the molecule is O=C(O)/C=C\C(=O)O.O=C1c2ccccc2C(=O)c2c(NCCNCCNCCO)ccc(NCCNCCNCCO)c21. The van der Waals surface area contributed by atoms with Gasteiger partial charge in [0.2, 0.25) is 0 Å². The Morgan fingerprint density at radius 2 is 0.886 bits per heavy atom. The first-order valence-electron chi connectivity index (χ1n) is 14.3. The first-order chi connectivity index (χ1) is 21.3. The first-order valence-corrected chi connectivity index (χ1v) is 14.3. The van der Waals surface area contributed by atoms with Crippen LogP contribution in [0.1, 0.15) is 31.8 Å². The number of aliphatic hydroxyl groups excluding tert-OH is 2. The fraction of sp³-hybridized carbons (Fsp3) is 0.400. The number of nitrogens with one attached hydrogen (secondary N) is 6. The van der Waals surface area contributed by atoms with Gasteiger partial charge in [-0.2, -0.15) is 0 Å². The molecule has 0 heterocycles. The lowest BCUT2D eigenvalue weighted by Gasteiger charge is -2.24. The van der Waals surface area contributed by atoms with E-state index in [1.165, 1.54) is 0 Å². The second kappa shape index (κ2) is 20.7. The number of hydrogen-bond donors (Lipinski definition) is 10. The van der Waals surface area contributed by atoms with Crippen molar-refractivity contribution in [2.45, 2.75) is 0 Å². The molecule has 0 aromatic heterocycles. The van der Waals surface area contributed by atoms with Crippen LogP contribution in [0.15, 0.2) is 48.6 Å².